The molecule has 0 aliphatic carbocycles. The lowest BCUT2D eigenvalue weighted by Gasteiger charge is -2.34. The molecule has 0 spiro atoms. The summed E-state index contributed by atoms with van der Waals surface area (Å²) in [6.45, 7) is 6.56. The fraction of sp³-hybridized carbons (Fsp3) is 0.345. The minimum atomic E-state index is -2.44. The molecule has 0 bridgehead atoms. The number of piperidine rings is 1. The second kappa shape index (κ2) is 10.8. The van der Waals surface area contributed by atoms with Gasteiger partial charge >= 0.3 is 0 Å². The van der Waals surface area contributed by atoms with E-state index < -0.39 is 9.73 Å². The van der Waals surface area contributed by atoms with Crippen molar-refractivity contribution < 1.29 is 9.00 Å². The van der Waals surface area contributed by atoms with Crippen molar-refractivity contribution in [3.8, 4) is 5.82 Å². The van der Waals surface area contributed by atoms with Crippen molar-refractivity contribution in [2.24, 2.45) is 4.36 Å². The van der Waals surface area contributed by atoms with E-state index in [9.17, 15) is 13.8 Å². The van der Waals surface area contributed by atoms with Gasteiger partial charge in [0.05, 0.1) is 6.54 Å². The molecule has 1 fully saturated rings. The molecule has 2 aliphatic heterocycles. The number of anilines is 2. The van der Waals surface area contributed by atoms with Crippen LogP contribution in [-0.4, -0.2) is 82.9 Å². The highest BCUT2D eigenvalue weighted by Crippen LogP contribution is 2.31. The number of allylic oxidation sites excluding steroid dienone is 1. The standard InChI is InChI=1S/C29H33N9O3S/c1-5-13-37-28(40)23-17-30-29(33-26(23)38(37)25-8-6-7-24(32-25)34-42(3,4)41)31-20-9-10-22-19(16-20)18-36(27(22)39)21-11-14-35(2)15-12-21/h5-10,16-17,21H,1,11-15,18H2,2-4H3,(H,30,31,33). The first-order chi connectivity index (χ1) is 20.1. The number of hydrogen-bond donors (Lipinski definition) is 1. The Bertz CT molecular complexity index is 1890. The van der Waals surface area contributed by atoms with Crippen LogP contribution < -0.4 is 10.9 Å². The van der Waals surface area contributed by atoms with E-state index in [-0.39, 0.29) is 35.8 Å². The number of fused-ring (bicyclic) bond motifs is 2. The van der Waals surface area contributed by atoms with Crippen LogP contribution in [-0.2, 0) is 22.8 Å². The Labute approximate surface area is 243 Å². The summed E-state index contributed by atoms with van der Waals surface area (Å²) >= 11 is 0. The monoisotopic (exact) mass is 587 g/mol. The average molecular weight is 588 g/mol. The smallest absolute Gasteiger partial charge is 0.278 e. The number of nitrogens with one attached hydrogen (secondary N) is 1. The molecule has 1 aromatic carbocycles. The van der Waals surface area contributed by atoms with Gasteiger partial charge < -0.3 is 15.1 Å². The third kappa shape index (κ3) is 5.32. The first-order valence-corrected chi connectivity index (χ1v) is 16.1. The summed E-state index contributed by atoms with van der Waals surface area (Å²) in [7, 11) is -0.325. The lowest BCUT2D eigenvalue weighted by atomic mass is 10.0. The molecule has 0 unspecified atom stereocenters. The highest BCUT2D eigenvalue weighted by molar-refractivity contribution is 7.92. The molecule has 0 atom stereocenters. The zero-order valence-electron chi connectivity index (χ0n) is 23.9. The van der Waals surface area contributed by atoms with Crippen LogP contribution in [0.5, 0.6) is 0 Å². The molecule has 218 valence electrons. The molecular formula is C29H33N9O3S. The second-order valence-electron chi connectivity index (χ2n) is 11.0. The van der Waals surface area contributed by atoms with Crippen LogP contribution in [0.3, 0.4) is 0 Å². The van der Waals surface area contributed by atoms with Crippen molar-refractivity contribution in [1.82, 2.24) is 34.1 Å². The number of pyridine rings is 1. The molecule has 0 radical (unpaired) electrons. The minimum absolute atomic E-state index is 0.0831. The predicted octanol–water partition coefficient (Wildman–Crippen LogP) is 3.32. The Balaban J connectivity index is 1.34. The minimum Gasteiger partial charge on any atom is -0.331 e. The van der Waals surface area contributed by atoms with Gasteiger partial charge in [-0.2, -0.15) is 9.35 Å². The Kier molecular flexibility index (Phi) is 7.15. The largest absolute Gasteiger partial charge is 0.331 e. The van der Waals surface area contributed by atoms with Crippen molar-refractivity contribution in [2.75, 3.05) is 38.0 Å². The molecule has 12 nitrogen and oxygen atoms in total. The molecule has 1 N–H and O–H groups in total. The molecule has 0 saturated carbocycles. The van der Waals surface area contributed by atoms with Gasteiger partial charge in [0, 0.05) is 52.3 Å². The average Bonchev–Trinajstić information content (AvgIpc) is 3.41. The summed E-state index contributed by atoms with van der Waals surface area (Å²) in [5, 5.41) is 3.56. The van der Waals surface area contributed by atoms with Gasteiger partial charge in [0.15, 0.2) is 17.3 Å². The van der Waals surface area contributed by atoms with Crippen LogP contribution in [0.25, 0.3) is 16.9 Å². The van der Waals surface area contributed by atoms with Crippen LogP contribution in [0.1, 0.15) is 28.8 Å². The summed E-state index contributed by atoms with van der Waals surface area (Å²) in [5.41, 5.74) is 2.49. The number of benzene rings is 1. The summed E-state index contributed by atoms with van der Waals surface area (Å²) in [6.07, 6.45) is 8.12. The molecule has 5 heterocycles. The highest BCUT2D eigenvalue weighted by atomic mass is 32.2. The predicted molar refractivity (Wildman–Crippen MR) is 163 cm³/mol. The van der Waals surface area contributed by atoms with Gasteiger partial charge in [-0.1, -0.05) is 12.1 Å². The third-order valence-electron chi connectivity index (χ3n) is 7.55. The quantitative estimate of drug-likeness (QED) is 0.326. The maximum atomic E-state index is 13.3. The molecule has 4 aromatic rings. The number of likely N-dealkylation sites (tertiary alicyclic amines) is 1. The van der Waals surface area contributed by atoms with E-state index in [2.05, 4.69) is 38.2 Å². The van der Waals surface area contributed by atoms with Gasteiger partial charge in [-0.15, -0.1) is 6.58 Å². The summed E-state index contributed by atoms with van der Waals surface area (Å²) in [4.78, 5) is 44.4. The molecule has 2 aliphatic rings. The van der Waals surface area contributed by atoms with Crippen molar-refractivity contribution in [1.29, 1.82) is 0 Å². The zero-order valence-corrected chi connectivity index (χ0v) is 24.7. The zero-order chi connectivity index (χ0) is 29.6. The van der Waals surface area contributed by atoms with Crippen LogP contribution in [0.2, 0.25) is 0 Å². The Morgan fingerprint density at radius 1 is 1.14 bits per heavy atom. The fourth-order valence-electron chi connectivity index (χ4n) is 5.57. The first-order valence-electron chi connectivity index (χ1n) is 13.7. The maximum absolute atomic E-state index is 13.3. The molecule has 1 amide bonds. The maximum Gasteiger partial charge on any atom is 0.278 e. The van der Waals surface area contributed by atoms with E-state index in [1.54, 1.807) is 29.0 Å². The van der Waals surface area contributed by atoms with Crippen LogP contribution in [0.4, 0.5) is 17.5 Å². The lowest BCUT2D eigenvalue weighted by molar-refractivity contribution is 0.0617. The van der Waals surface area contributed by atoms with Gasteiger partial charge in [-0.3, -0.25) is 9.59 Å². The Morgan fingerprint density at radius 3 is 2.67 bits per heavy atom. The van der Waals surface area contributed by atoms with Crippen LogP contribution in [0.15, 0.2) is 64.4 Å². The molecule has 1 saturated heterocycles. The van der Waals surface area contributed by atoms with Gasteiger partial charge in [0.2, 0.25) is 5.95 Å². The lowest BCUT2D eigenvalue weighted by Crippen LogP contribution is -2.43. The number of amides is 1. The first kappa shape index (κ1) is 27.8. The van der Waals surface area contributed by atoms with E-state index >= 15 is 0 Å². The molecule has 42 heavy (non-hydrogen) atoms. The third-order valence-corrected chi connectivity index (χ3v) is 8.18. The normalized spacial score (nSPS) is 16.2. The molecular weight excluding hydrogens is 554 g/mol. The highest BCUT2D eigenvalue weighted by Gasteiger charge is 2.34. The van der Waals surface area contributed by atoms with Crippen molar-refractivity contribution in [3.63, 3.8) is 0 Å². The number of hydrogen-bond acceptors (Lipinski definition) is 9. The molecule has 6 rings (SSSR count). The molecule has 13 heteroatoms. The number of carbonyl (C=O) groups excluding carboxylic acids is 1. The van der Waals surface area contributed by atoms with Gasteiger partial charge in [0.1, 0.15) is 5.39 Å². The Morgan fingerprint density at radius 2 is 1.93 bits per heavy atom. The number of rotatable bonds is 7. The van der Waals surface area contributed by atoms with Crippen LogP contribution in [0, 0.1) is 0 Å². The van der Waals surface area contributed by atoms with Gasteiger partial charge in [-0.05, 0) is 68.9 Å². The SMILES string of the molecule is C=CCn1c(=O)c2cnc(Nc3ccc4c(c3)CN(C3CCN(C)CC3)C4=O)nc2n1-c1cccc(N=S(C)(C)=O)n1. The van der Waals surface area contributed by atoms with Gasteiger partial charge in [-0.25, -0.2) is 23.5 Å². The number of carbonyl (C=O) groups is 1. The van der Waals surface area contributed by atoms with Crippen molar-refractivity contribution in [2.45, 2.75) is 32.0 Å². The van der Waals surface area contributed by atoms with Crippen molar-refractivity contribution >= 4 is 44.1 Å². The topological polar surface area (TPSA) is 131 Å². The van der Waals surface area contributed by atoms with Gasteiger partial charge in [0.25, 0.3) is 11.5 Å². The summed E-state index contributed by atoms with van der Waals surface area (Å²) in [6, 6.07) is 11.0. The number of aromatic nitrogens is 5. The van der Waals surface area contributed by atoms with E-state index in [0.29, 0.717) is 23.4 Å². The van der Waals surface area contributed by atoms with E-state index in [1.165, 1.54) is 23.4 Å². The second-order valence-corrected chi connectivity index (χ2v) is 13.6. The molecule has 3 aromatic heterocycles. The van der Waals surface area contributed by atoms with Crippen molar-refractivity contribution in [3.05, 3.63) is 76.7 Å². The van der Waals surface area contributed by atoms with E-state index in [0.717, 1.165) is 42.7 Å². The van der Waals surface area contributed by atoms with E-state index in [4.69, 9.17) is 4.98 Å². The number of nitrogens with zero attached hydrogens (tertiary/aromatic N) is 8. The fourth-order valence-corrected chi connectivity index (χ4v) is 6.12. The van der Waals surface area contributed by atoms with E-state index in [1.807, 2.05) is 23.1 Å². The Hall–Kier alpha value is -4.36. The van der Waals surface area contributed by atoms with Crippen LogP contribution >= 0.6 is 0 Å². The summed E-state index contributed by atoms with van der Waals surface area (Å²) < 4.78 is 19.5. The summed E-state index contributed by atoms with van der Waals surface area (Å²) in [5.74, 6) is 1.05.